The van der Waals surface area contributed by atoms with Crippen molar-refractivity contribution in [1.82, 2.24) is 69.7 Å². The molecular formula is C108H114N18O14S2. The fraction of sp³-hybridized carbons (Fsp3) is 0.352. The maximum Gasteiger partial charge on any atom is 0.358 e. The number of carbonyl (C=O) groups excluding carboxylic acids is 7. The highest BCUT2D eigenvalue weighted by atomic mass is 32.1. The predicted molar refractivity (Wildman–Crippen MR) is 547 cm³/mol. The second-order valence-corrected chi connectivity index (χ2v) is 39.8. The average molecular weight is 1950 g/mol. The number of nitrogens with zero attached hydrogens (tertiary/aromatic N) is 14. The van der Waals surface area contributed by atoms with Crippen molar-refractivity contribution in [2.45, 2.75) is 117 Å². The molecule has 5 N–H and O–H groups in total. The van der Waals surface area contributed by atoms with Crippen LogP contribution in [0.3, 0.4) is 0 Å². The van der Waals surface area contributed by atoms with E-state index in [4.69, 9.17) is 33.7 Å². The molecule has 20 rings (SSSR count). The van der Waals surface area contributed by atoms with Crippen LogP contribution in [0, 0.1) is 13.8 Å². The summed E-state index contributed by atoms with van der Waals surface area (Å²) in [6, 6.07) is 58.1. The summed E-state index contributed by atoms with van der Waals surface area (Å²) in [5.41, 5.74) is 13.9. The lowest BCUT2D eigenvalue weighted by atomic mass is 9.93. The third kappa shape index (κ3) is 21.9. The number of anilines is 4. The lowest BCUT2D eigenvalue weighted by Crippen LogP contribution is -2.47. The maximum atomic E-state index is 14.0. The van der Waals surface area contributed by atoms with E-state index in [1.807, 2.05) is 230 Å². The number of carboxylic acids is 1. The van der Waals surface area contributed by atoms with Crippen LogP contribution in [0.5, 0.6) is 23.0 Å². The molecule has 2 unspecified atom stereocenters. The smallest absolute Gasteiger partial charge is 0.358 e. The largest absolute Gasteiger partial charge is 0.493 e. The second-order valence-electron chi connectivity index (χ2n) is 37.8. The number of nitrogens with one attached hydrogen (secondary N) is 4. The number of piperazine rings is 2. The number of carbonyl (C=O) groups is 8. The standard InChI is InChI=1S/C56H61N9O7S.C52H53N9O7S/c1-35-38(12-9-15-46(35)71-31-10-24-63-26-28-64(29-27-63)30-32-70-37-17-18-41-45(33-37)62(5)61-50(41)42-20-22-49(66)59-53(42)68)39-19-21-48(58-51(39)54(69)72-56(2,3)4)65-25-23-36-11-8-13-40(43(36)34-65)52(67)60-55-57-44-14-6-7-16-47(44)73-55;1-32-35(36-16-18-45(54-48(36)51(65)66)61-22-20-33-8-5-10-37(40(33)31-61)49(63)56-52-53-41-11-3-4-13-44(41)69-52)9-6-12-43(32)68-28-7-21-59-23-25-60(26-24-59)27-29-67-34-14-15-38-42(30-34)58(2)57-47(38)39-17-19-46(62)55-50(39)64/h6-9,11-19,21,33,42H,10,20,22-32,34H2,1-5H3,(H,57,60,67)(H,59,66,68);3-6,8-16,18,30,39H,7,17,19-29,31H2,1-2H3,(H,65,66)(H,53,56,63)(H,55,62,64). The van der Waals surface area contributed by atoms with Gasteiger partial charge < -0.3 is 48.4 Å². The number of imide groups is 2. The summed E-state index contributed by atoms with van der Waals surface area (Å²) in [4.78, 5) is 135. The van der Waals surface area contributed by atoms with E-state index in [0.717, 1.165) is 195 Å². The lowest BCUT2D eigenvalue weighted by Gasteiger charge is -2.34. The number of aromatic nitrogens is 8. The minimum Gasteiger partial charge on any atom is -0.493 e. The number of amides is 6. The summed E-state index contributed by atoms with van der Waals surface area (Å²) in [5.74, 6) is 0.0873. The summed E-state index contributed by atoms with van der Waals surface area (Å²) in [5, 5.41) is 33.5. The van der Waals surface area contributed by atoms with E-state index in [2.05, 4.69) is 72.0 Å². The van der Waals surface area contributed by atoms with Crippen molar-refractivity contribution in [2.75, 3.05) is 138 Å². The molecule has 0 bridgehead atoms. The Kier molecular flexibility index (Phi) is 28.9. The molecule has 732 valence electrons. The van der Waals surface area contributed by atoms with Crippen LogP contribution >= 0.6 is 22.7 Å². The van der Waals surface area contributed by atoms with Gasteiger partial charge >= 0.3 is 11.9 Å². The molecule has 12 heterocycles. The first-order chi connectivity index (χ1) is 68.8. The highest BCUT2D eigenvalue weighted by molar-refractivity contribution is 7.22. The molecule has 4 saturated heterocycles. The number of aryl methyl sites for hydroxylation is 2. The Morgan fingerprint density at radius 3 is 1.30 bits per heavy atom. The zero-order chi connectivity index (χ0) is 98.4. The van der Waals surface area contributed by atoms with Gasteiger partial charge in [0, 0.05) is 177 Å². The number of esters is 1. The summed E-state index contributed by atoms with van der Waals surface area (Å²) in [6.45, 7) is 24.8. The van der Waals surface area contributed by atoms with Gasteiger partial charge in [0.2, 0.25) is 23.6 Å². The number of aromatic carboxylic acids is 1. The first-order valence-corrected chi connectivity index (χ1v) is 50.2. The third-order valence-corrected chi connectivity index (χ3v) is 29.2. The summed E-state index contributed by atoms with van der Waals surface area (Å²) >= 11 is 2.88. The second kappa shape index (κ2) is 42.6. The fourth-order valence-electron chi connectivity index (χ4n) is 19.7. The maximum absolute atomic E-state index is 14.0. The molecule has 0 saturated carbocycles. The van der Waals surface area contributed by atoms with Crippen LogP contribution in [0.25, 0.3) is 64.5 Å². The Morgan fingerprint density at radius 1 is 0.451 bits per heavy atom. The summed E-state index contributed by atoms with van der Waals surface area (Å²) < 4.78 is 36.6. The van der Waals surface area contributed by atoms with Crippen molar-refractivity contribution in [2.24, 2.45) is 14.1 Å². The Balaban J connectivity index is 0.000000181. The van der Waals surface area contributed by atoms with Gasteiger partial charge in [0.25, 0.3) is 11.8 Å². The van der Waals surface area contributed by atoms with E-state index in [0.29, 0.717) is 152 Å². The molecule has 2 atom stereocenters. The van der Waals surface area contributed by atoms with Crippen molar-refractivity contribution in [3.8, 4) is 45.3 Å². The number of para-hydroxylation sites is 2. The number of pyridine rings is 2. The van der Waals surface area contributed by atoms with Gasteiger partial charge in [-0.1, -0.05) is 95.5 Å². The SMILES string of the molecule is Cc1c(OCCCN2CCN(CCOc3ccc4c(C5CCC(=O)NC5=O)nn(C)c4c3)CC2)cccc1-c1ccc(N2CCc3cccc(C(=O)Nc4nc5ccccc5s4)c3C2)nc1C(=O)O.Cc1c(OCCCN2CCN(CCOc3ccc4c(C5CCC(=O)NC5=O)nn(C)c4c3)CC2)cccc1-c1ccc(N2CCc3cccc(C(=O)Nc4nc5ccccc5s4)c3C2)nc1C(=O)OC(C)(C)C. The molecule has 142 heavy (non-hydrogen) atoms. The van der Waals surface area contributed by atoms with E-state index in [1.54, 1.807) is 9.36 Å². The van der Waals surface area contributed by atoms with Crippen LogP contribution < -0.4 is 50.0 Å². The van der Waals surface area contributed by atoms with Gasteiger partial charge in [-0.2, -0.15) is 10.2 Å². The molecule has 6 aliphatic rings. The van der Waals surface area contributed by atoms with Gasteiger partial charge in [0.05, 0.1) is 67.9 Å². The predicted octanol–water partition coefficient (Wildman–Crippen LogP) is 15.4. The number of carboxylic acid groups (broad SMARTS) is 1. The third-order valence-electron chi connectivity index (χ3n) is 27.3. The molecule has 32 nitrogen and oxygen atoms in total. The molecule has 8 aromatic carbocycles. The van der Waals surface area contributed by atoms with Crippen molar-refractivity contribution >= 4 is 134 Å². The molecule has 34 heteroatoms. The Hall–Kier alpha value is -14.4. The quantitative estimate of drug-likeness (QED) is 0.0159. The van der Waals surface area contributed by atoms with Crippen LogP contribution in [-0.4, -0.2) is 235 Å². The van der Waals surface area contributed by atoms with Crippen LogP contribution in [0.1, 0.15) is 158 Å². The number of hydrogen-bond donors (Lipinski definition) is 5. The molecule has 14 aromatic rings. The Morgan fingerprint density at radius 2 is 0.873 bits per heavy atom. The first-order valence-electron chi connectivity index (χ1n) is 48.6. The monoisotopic (exact) mass is 1950 g/mol. The molecule has 4 fully saturated rings. The van der Waals surface area contributed by atoms with Crippen molar-refractivity contribution in [3.63, 3.8) is 0 Å². The average Bonchev–Trinajstić information content (AvgIpc) is 1.78. The van der Waals surface area contributed by atoms with E-state index < -0.39 is 29.4 Å². The fourth-order valence-corrected chi connectivity index (χ4v) is 21.5. The van der Waals surface area contributed by atoms with Crippen molar-refractivity contribution in [1.29, 1.82) is 0 Å². The van der Waals surface area contributed by atoms with Crippen LogP contribution in [-0.2, 0) is 63.9 Å². The van der Waals surface area contributed by atoms with Crippen LogP contribution in [0.15, 0.2) is 182 Å². The van der Waals surface area contributed by atoms with Crippen LogP contribution in [0.2, 0.25) is 0 Å². The lowest BCUT2D eigenvalue weighted by molar-refractivity contribution is -0.135. The first kappa shape index (κ1) is 96.5. The molecule has 6 aliphatic heterocycles. The Labute approximate surface area is 829 Å². The molecule has 0 aliphatic carbocycles. The molecule has 6 aromatic heterocycles. The van der Waals surface area contributed by atoms with E-state index >= 15 is 0 Å². The number of benzene rings is 8. The Bertz CT molecular complexity index is 7100. The van der Waals surface area contributed by atoms with Gasteiger partial charge in [-0.25, -0.2) is 29.5 Å². The van der Waals surface area contributed by atoms with Gasteiger partial charge in [-0.05, 0) is 215 Å². The van der Waals surface area contributed by atoms with Crippen LogP contribution in [0.4, 0.5) is 21.9 Å². The van der Waals surface area contributed by atoms with Gasteiger partial charge in [-0.15, -0.1) is 0 Å². The van der Waals surface area contributed by atoms with Gasteiger partial charge in [-0.3, -0.25) is 69.2 Å². The zero-order valence-electron chi connectivity index (χ0n) is 80.6. The highest BCUT2D eigenvalue weighted by Crippen LogP contribution is 2.41. The normalized spacial score (nSPS) is 16.6. The van der Waals surface area contributed by atoms with E-state index in [9.17, 15) is 43.5 Å². The summed E-state index contributed by atoms with van der Waals surface area (Å²) in [6.07, 6.45) is 4.62. The van der Waals surface area contributed by atoms with E-state index in [-0.39, 0.29) is 46.8 Å². The minimum absolute atomic E-state index is 0.0422. The topological polar surface area (TPSA) is 358 Å². The summed E-state index contributed by atoms with van der Waals surface area (Å²) in [7, 11) is 3.71. The number of thiazole rings is 2. The van der Waals surface area contributed by atoms with E-state index in [1.165, 1.54) is 22.7 Å². The van der Waals surface area contributed by atoms with Gasteiger partial charge in [0.1, 0.15) is 53.4 Å². The number of rotatable bonds is 30. The zero-order valence-corrected chi connectivity index (χ0v) is 82.2. The highest BCUT2D eigenvalue weighted by Gasteiger charge is 2.36. The number of ether oxygens (including phenoxy) is 5. The van der Waals surface area contributed by atoms with Gasteiger partial charge in [0.15, 0.2) is 21.7 Å². The number of piperidine rings is 2. The molecular weight excluding hydrogens is 1840 g/mol. The van der Waals surface area contributed by atoms with Crippen molar-refractivity contribution in [3.05, 3.63) is 249 Å². The molecule has 0 radical (unpaired) electrons. The minimum atomic E-state index is -1.12. The van der Waals surface area contributed by atoms with Crippen molar-refractivity contribution < 1.29 is 67.1 Å². The number of fused-ring (bicyclic) bond motifs is 6. The molecule has 6 amide bonds. The molecule has 0 spiro atoms. The number of hydrogen-bond acceptors (Lipinski definition) is 27.